The van der Waals surface area contributed by atoms with Gasteiger partial charge in [-0.1, -0.05) is 26.8 Å². The number of nitrogens with one attached hydrogen (secondary N) is 2. The van der Waals surface area contributed by atoms with Crippen LogP contribution in [0.5, 0.6) is 5.75 Å². The first kappa shape index (κ1) is 28.4. The van der Waals surface area contributed by atoms with Crippen molar-refractivity contribution in [1.82, 2.24) is 15.5 Å². The number of halogens is 1. The van der Waals surface area contributed by atoms with Gasteiger partial charge in [0.15, 0.2) is 11.6 Å². The van der Waals surface area contributed by atoms with E-state index < -0.39 is 53.9 Å². The minimum absolute atomic E-state index is 0.0300. The molecule has 6 atom stereocenters. The Labute approximate surface area is 216 Å². The van der Waals surface area contributed by atoms with Gasteiger partial charge in [-0.25, -0.2) is 4.39 Å². The van der Waals surface area contributed by atoms with Crippen LogP contribution in [0.3, 0.4) is 0 Å². The lowest BCUT2D eigenvalue weighted by Gasteiger charge is -2.34. The van der Waals surface area contributed by atoms with Crippen LogP contribution in [-0.2, 0) is 23.9 Å². The molecule has 10 nitrogen and oxygen atoms in total. The smallest absolute Gasteiger partial charge is 0.310 e. The lowest BCUT2D eigenvalue weighted by Crippen LogP contribution is -2.59. The summed E-state index contributed by atoms with van der Waals surface area (Å²) in [5.41, 5.74) is -0.247. The number of rotatable bonds is 9. The number of carbonyl (C=O) groups is 4. The zero-order valence-electron chi connectivity index (χ0n) is 22.1. The molecular weight excluding hydrogens is 485 g/mol. The van der Waals surface area contributed by atoms with Crippen molar-refractivity contribution >= 4 is 23.7 Å². The van der Waals surface area contributed by atoms with Crippen molar-refractivity contribution in [1.29, 1.82) is 0 Å². The van der Waals surface area contributed by atoms with Crippen LogP contribution < -0.4 is 15.4 Å². The fourth-order valence-corrected chi connectivity index (χ4v) is 5.04. The molecule has 5 unspecified atom stereocenters. The molecule has 2 saturated heterocycles. The SMILES string of the molecule is CCO[C@@H]1OC(=O)CC1NC(=O)C1C(C)CC(C)N1C(=O)C(NC(=O)c1cccc(OC)c1F)C(C)C. The van der Waals surface area contributed by atoms with Crippen LogP contribution >= 0.6 is 0 Å². The number of hydrogen-bond donors (Lipinski definition) is 2. The molecule has 2 fully saturated rings. The summed E-state index contributed by atoms with van der Waals surface area (Å²) in [5.74, 6) is -3.53. The molecule has 3 rings (SSSR count). The average molecular weight is 522 g/mol. The van der Waals surface area contributed by atoms with E-state index in [0.29, 0.717) is 13.0 Å². The molecule has 2 N–H and O–H groups in total. The number of likely N-dealkylation sites (tertiary alicyclic amines) is 1. The predicted octanol–water partition coefficient (Wildman–Crippen LogP) is 2.01. The van der Waals surface area contributed by atoms with Crippen molar-refractivity contribution in [3.8, 4) is 5.75 Å². The first-order valence-corrected chi connectivity index (χ1v) is 12.6. The lowest BCUT2D eigenvalue weighted by atomic mass is 9.99. The second-order valence-electron chi connectivity index (χ2n) is 9.90. The van der Waals surface area contributed by atoms with Gasteiger partial charge in [0, 0.05) is 12.6 Å². The Bertz CT molecular complexity index is 1030. The molecule has 0 radical (unpaired) electrons. The number of carbonyl (C=O) groups excluding carboxylic acids is 4. The first-order valence-electron chi connectivity index (χ1n) is 12.6. The summed E-state index contributed by atoms with van der Waals surface area (Å²) in [6.07, 6.45) is -0.347. The quantitative estimate of drug-likeness (QED) is 0.477. The Morgan fingerprint density at radius 1 is 1.24 bits per heavy atom. The van der Waals surface area contributed by atoms with E-state index in [4.69, 9.17) is 14.2 Å². The summed E-state index contributed by atoms with van der Waals surface area (Å²) in [4.78, 5) is 53.4. The minimum Gasteiger partial charge on any atom is -0.494 e. The van der Waals surface area contributed by atoms with Gasteiger partial charge in [-0.05, 0) is 44.2 Å². The van der Waals surface area contributed by atoms with Crippen LogP contribution in [0.15, 0.2) is 18.2 Å². The molecule has 0 saturated carbocycles. The Hall–Kier alpha value is -3.21. The zero-order valence-corrected chi connectivity index (χ0v) is 22.1. The van der Waals surface area contributed by atoms with Crippen molar-refractivity contribution in [2.75, 3.05) is 13.7 Å². The summed E-state index contributed by atoms with van der Waals surface area (Å²) >= 11 is 0. The predicted molar refractivity (Wildman–Crippen MR) is 131 cm³/mol. The highest BCUT2D eigenvalue weighted by molar-refractivity contribution is 5.99. The summed E-state index contributed by atoms with van der Waals surface area (Å²) in [7, 11) is 1.30. The number of ether oxygens (including phenoxy) is 3. The third-order valence-corrected chi connectivity index (χ3v) is 6.82. The number of esters is 1. The van der Waals surface area contributed by atoms with Gasteiger partial charge in [0.1, 0.15) is 18.1 Å². The topological polar surface area (TPSA) is 123 Å². The van der Waals surface area contributed by atoms with Crippen molar-refractivity contribution in [3.05, 3.63) is 29.6 Å². The fraction of sp³-hybridized carbons (Fsp3) is 0.615. The van der Waals surface area contributed by atoms with Crippen molar-refractivity contribution in [3.63, 3.8) is 0 Å². The number of cyclic esters (lactones) is 1. The second kappa shape index (κ2) is 11.9. The van der Waals surface area contributed by atoms with E-state index in [0.717, 1.165) is 0 Å². The standard InChI is InChI=1S/C26H36FN3O7/c1-7-36-26-17(12-19(31)37-26)28-24(33)22-14(4)11-15(5)30(22)25(34)21(13(2)3)29-23(32)16-9-8-10-18(35-6)20(16)27/h8-10,13-15,17,21-22,26H,7,11-12H2,1-6H3,(H,28,33)(H,29,32)/t14?,15?,17?,21?,22?,26-/m1/s1. The molecule has 0 spiro atoms. The van der Waals surface area contributed by atoms with Crippen LogP contribution in [0, 0.1) is 17.7 Å². The third kappa shape index (κ3) is 6.03. The van der Waals surface area contributed by atoms with Crippen LogP contribution in [0.2, 0.25) is 0 Å². The van der Waals surface area contributed by atoms with Crippen LogP contribution in [-0.4, -0.2) is 72.8 Å². The fourth-order valence-electron chi connectivity index (χ4n) is 5.04. The number of nitrogens with zero attached hydrogens (tertiary/aromatic N) is 1. The van der Waals surface area contributed by atoms with Crippen LogP contribution in [0.1, 0.15) is 57.8 Å². The van der Waals surface area contributed by atoms with Gasteiger partial charge >= 0.3 is 5.97 Å². The molecule has 2 heterocycles. The van der Waals surface area contributed by atoms with Gasteiger partial charge in [0.25, 0.3) is 5.91 Å². The molecule has 11 heteroatoms. The van der Waals surface area contributed by atoms with E-state index in [1.165, 1.54) is 30.2 Å². The monoisotopic (exact) mass is 521 g/mol. The van der Waals surface area contributed by atoms with Crippen molar-refractivity contribution in [2.45, 2.75) is 77.9 Å². The summed E-state index contributed by atoms with van der Waals surface area (Å²) in [6, 6.07) is 1.41. The maximum atomic E-state index is 14.7. The molecule has 0 bridgehead atoms. The number of hydrogen-bond acceptors (Lipinski definition) is 7. The summed E-state index contributed by atoms with van der Waals surface area (Å²) in [5, 5.41) is 5.48. The van der Waals surface area contributed by atoms with E-state index in [2.05, 4.69) is 10.6 Å². The first-order chi connectivity index (χ1) is 17.5. The molecule has 0 aliphatic carbocycles. The molecule has 37 heavy (non-hydrogen) atoms. The number of methoxy groups -OCH3 is 1. The van der Waals surface area contributed by atoms with Gasteiger partial charge in [-0.2, -0.15) is 0 Å². The molecule has 1 aromatic carbocycles. The van der Waals surface area contributed by atoms with E-state index in [1.807, 2.05) is 13.8 Å². The molecule has 0 aromatic heterocycles. The van der Waals surface area contributed by atoms with Gasteiger partial charge in [-0.3, -0.25) is 19.2 Å². The highest BCUT2D eigenvalue weighted by Gasteiger charge is 2.48. The largest absolute Gasteiger partial charge is 0.494 e. The maximum Gasteiger partial charge on any atom is 0.310 e. The molecule has 3 amide bonds. The van der Waals surface area contributed by atoms with Crippen LogP contribution in [0.4, 0.5) is 4.39 Å². The van der Waals surface area contributed by atoms with Crippen molar-refractivity contribution in [2.24, 2.45) is 11.8 Å². The normalized spacial score (nSPS) is 26.1. The Kier molecular flexibility index (Phi) is 9.12. The van der Waals surface area contributed by atoms with Gasteiger partial charge in [0.05, 0.1) is 19.1 Å². The summed E-state index contributed by atoms with van der Waals surface area (Å²) < 4.78 is 30.2. The average Bonchev–Trinajstić information content (AvgIpc) is 3.33. The molecule has 1 aromatic rings. The van der Waals surface area contributed by atoms with Crippen LogP contribution in [0.25, 0.3) is 0 Å². The highest BCUT2D eigenvalue weighted by Crippen LogP contribution is 2.32. The molecule has 2 aliphatic rings. The maximum absolute atomic E-state index is 14.7. The van der Waals surface area contributed by atoms with E-state index in [9.17, 15) is 23.6 Å². The number of amides is 3. The molecule has 204 valence electrons. The Morgan fingerprint density at radius 2 is 1.95 bits per heavy atom. The second-order valence-corrected chi connectivity index (χ2v) is 9.90. The molecular formula is C26H36FN3O7. The highest BCUT2D eigenvalue weighted by atomic mass is 19.1. The minimum atomic E-state index is -1.01. The van der Waals surface area contributed by atoms with Gasteiger partial charge < -0.3 is 29.7 Å². The Balaban J connectivity index is 1.81. The third-order valence-electron chi connectivity index (χ3n) is 6.82. The van der Waals surface area contributed by atoms with Crippen molar-refractivity contribution < 1.29 is 37.8 Å². The lowest BCUT2D eigenvalue weighted by molar-refractivity contribution is -0.164. The zero-order chi connectivity index (χ0) is 27.4. The van der Waals surface area contributed by atoms with Gasteiger partial charge in [0.2, 0.25) is 18.1 Å². The summed E-state index contributed by atoms with van der Waals surface area (Å²) in [6.45, 7) is 9.29. The van der Waals surface area contributed by atoms with E-state index in [1.54, 1.807) is 20.8 Å². The van der Waals surface area contributed by atoms with E-state index >= 15 is 0 Å². The van der Waals surface area contributed by atoms with E-state index in [-0.39, 0.29) is 35.6 Å². The Morgan fingerprint density at radius 3 is 2.57 bits per heavy atom. The number of benzene rings is 1. The molecule has 2 aliphatic heterocycles. The van der Waals surface area contributed by atoms with Gasteiger partial charge in [-0.15, -0.1) is 0 Å².